The van der Waals surface area contributed by atoms with Crippen LogP contribution < -0.4 is 5.32 Å². The highest BCUT2D eigenvalue weighted by Gasteiger charge is 2.32. The van der Waals surface area contributed by atoms with Crippen LogP contribution in [0.2, 0.25) is 5.02 Å². The molecular formula is C12H12ClF3N2. The maximum atomic E-state index is 12.1. The van der Waals surface area contributed by atoms with E-state index in [9.17, 15) is 13.2 Å². The third-order valence-corrected chi connectivity index (χ3v) is 2.65. The van der Waals surface area contributed by atoms with E-state index >= 15 is 0 Å². The van der Waals surface area contributed by atoms with Crippen LogP contribution >= 0.6 is 11.6 Å². The topological polar surface area (TPSA) is 35.8 Å². The highest BCUT2D eigenvalue weighted by molar-refractivity contribution is 6.30. The Labute approximate surface area is 108 Å². The Morgan fingerprint density at radius 3 is 2.28 bits per heavy atom. The van der Waals surface area contributed by atoms with Gasteiger partial charge >= 0.3 is 6.18 Å². The van der Waals surface area contributed by atoms with Crippen LogP contribution in [-0.4, -0.2) is 18.3 Å². The molecule has 0 amide bonds. The van der Waals surface area contributed by atoms with Gasteiger partial charge in [-0.3, -0.25) is 5.32 Å². The van der Waals surface area contributed by atoms with E-state index in [4.69, 9.17) is 16.9 Å². The first kappa shape index (κ1) is 14.8. The van der Waals surface area contributed by atoms with Gasteiger partial charge in [0.05, 0.1) is 12.6 Å². The van der Waals surface area contributed by atoms with Crippen molar-refractivity contribution in [2.75, 3.05) is 6.54 Å². The number of rotatable bonds is 4. The van der Waals surface area contributed by atoms with Crippen molar-refractivity contribution in [1.82, 2.24) is 5.32 Å². The van der Waals surface area contributed by atoms with Crippen LogP contribution in [0, 0.1) is 11.3 Å². The lowest BCUT2D eigenvalue weighted by molar-refractivity contribution is -0.127. The van der Waals surface area contributed by atoms with E-state index in [-0.39, 0.29) is 6.42 Å². The average molecular weight is 277 g/mol. The number of nitrogens with one attached hydrogen (secondary N) is 1. The summed E-state index contributed by atoms with van der Waals surface area (Å²) in [7, 11) is 0. The van der Waals surface area contributed by atoms with Gasteiger partial charge in [-0.2, -0.15) is 18.4 Å². The minimum atomic E-state index is -4.34. The Morgan fingerprint density at radius 2 is 1.83 bits per heavy atom. The number of halogens is 4. The van der Waals surface area contributed by atoms with Gasteiger partial charge in [-0.05, 0) is 24.6 Å². The first-order valence-electron chi connectivity index (χ1n) is 5.22. The first-order valence-corrected chi connectivity index (χ1v) is 5.59. The third kappa shape index (κ3) is 4.94. The second-order valence-electron chi connectivity index (χ2n) is 4.22. The van der Waals surface area contributed by atoms with Gasteiger partial charge in [0, 0.05) is 11.4 Å². The summed E-state index contributed by atoms with van der Waals surface area (Å²) in [5.74, 6) is 0. The molecule has 0 fully saturated rings. The predicted molar refractivity (Wildman–Crippen MR) is 63.2 cm³/mol. The average Bonchev–Trinajstić information content (AvgIpc) is 2.29. The van der Waals surface area contributed by atoms with Crippen molar-refractivity contribution in [3.8, 4) is 6.07 Å². The van der Waals surface area contributed by atoms with E-state index in [1.165, 1.54) is 6.92 Å². The molecule has 1 aromatic carbocycles. The fraction of sp³-hybridized carbons (Fsp3) is 0.417. The smallest absolute Gasteiger partial charge is 0.291 e. The molecule has 0 radical (unpaired) electrons. The van der Waals surface area contributed by atoms with E-state index in [1.807, 2.05) is 6.07 Å². The van der Waals surface area contributed by atoms with Crippen molar-refractivity contribution in [3.05, 3.63) is 34.9 Å². The number of hydrogen-bond acceptors (Lipinski definition) is 2. The normalized spacial score (nSPS) is 14.9. The fourth-order valence-corrected chi connectivity index (χ4v) is 1.57. The zero-order chi connectivity index (χ0) is 13.8. The Hall–Kier alpha value is -1.25. The van der Waals surface area contributed by atoms with Crippen LogP contribution in [0.1, 0.15) is 12.5 Å². The largest absolute Gasteiger partial charge is 0.401 e. The van der Waals surface area contributed by atoms with Gasteiger partial charge in [0.1, 0.15) is 5.54 Å². The van der Waals surface area contributed by atoms with Gasteiger partial charge in [0.15, 0.2) is 0 Å². The van der Waals surface area contributed by atoms with E-state index in [0.717, 1.165) is 5.56 Å². The van der Waals surface area contributed by atoms with E-state index in [2.05, 4.69) is 5.32 Å². The van der Waals surface area contributed by atoms with Gasteiger partial charge in [0.2, 0.25) is 0 Å². The Balaban J connectivity index is 2.71. The zero-order valence-electron chi connectivity index (χ0n) is 9.68. The van der Waals surface area contributed by atoms with E-state index < -0.39 is 18.3 Å². The van der Waals surface area contributed by atoms with Crippen molar-refractivity contribution >= 4 is 11.6 Å². The van der Waals surface area contributed by atoms with Crippen molar-refractivity contribution < 1.29 is 13.2 Å². The zero-order valence-corrected chi connectivity index (χ0v) is 10.4. The second-order valence-corrected chi connectivity index (χ2v) is 4.65. The summed E-state index contributed by atoms with van der Waals surface area (Å²) in [5, 5.41) is 11.8. The van der Waals surface area contributed by atoms with Gasteiger partial charge in [-0.25, -0.2) is 0 Å². The van der Waals surface area contributed by atoms with Gasteiger partial charge in [-0.15, -0.1) is 0 Å². The monoisotopic (exact) mass is 276 g/mol. The molecule has 18 heavy (non-hydrogen) atoms. The first-order chi connectivity index (χ1) is 8.24. The predicted octanol–water partition coefficient (Wildman–Crippen LogP) is 3.32. The minimum absolute atomic E-state index is 0.177. The number of hydrogen-bond donors (Lipinski definition) is 1. The standard InChI is InChI=1S/C12H12ClF3N2/c1-11(7-17,18-8-12(14,15)16)6-9-2-4-10(13)5-3-9/h2-5,18H,6,8H2,1H3. The molecule has 6 heteroatoms. The molecule has 0 aromatic heterocycles. The molecule has 0 heterocycles. The molecule has 2 nitrogen and oxygen atoms in total. The van der Waals surface area contributed by atoms with Crippen LogP contribution in [0.5, 0.6) is 0 Å². The summed E-state index contributed by atoms with van der Waals surface area (Å²) in [6, 6.07) is 8.52. The molecule has 1 atom stereocenters. The van der Waals surface area contributed by atoms with Crippen molar-refractivity contribution in [1.29, 1.82) is 5.26 Å². The maximum Gasteiger partial charge on any atom is 0.401 e. The van der Waals surface area contributed by atoms with Crippen LogP contribution in [0.3, 0.4) is 0 Å². The quantitative estimate of drug-likeness (QED) is 0.916. The SMILES string of the molecule is CC(C#N)(Cc1ccc(Cl)cc1)NCC(F)(F)F. The lowest BCUT2D eigenvalue weighted by Crippen LogP contribution is -2.47. The molecule has 0 spiro atoms. The summed E-state index contributed by atoms with van der Waals surface area (Å²) >= 11 is 5.71. The van der Waals surface area contributed by atoms with Crippen LogP contribution in [0.15, 0.2) is 24.3 Å². The molecule has 1 rings (SSSR count). The molecule has 0 saturated carbocycles. The van der Waals surface area contributed by atoms with Crippen molar-refractivity contribution in [2.45, 2.75) is 25.1 Å². The van der Waals surface area contributed by atoms with Gasteiger partial charge in [-0.1, -0.05) is 23.7 Å². The molecule has 1 N–H and O–H groups in total. The molecule has 98 valence electrons. The molecular weight excluding hydrogens is 265 g/mol. The van der Waals surface area contributed by atoms with Gasteiger partial charge in [0.25, 0.3) is 0 Å². The lowest BCUT2D eigenvalue weighted by Gasteiger charge is -2.24. The highest BCUT2D eigenvalue weighted by Crippen LogP contribution is 2.18. The minimum Gasteiger partial charge on any atom is -0.291 e. The molecule has 0 saturated heterocycles. The molecule has 0 aliphatic rings. The molecule has 0 aliphatic heterocycles. The summed E-state index contributed by atoms with van der Waals surface area (Å²) in [5.41, 5.74) is -0.512. The number of nitriles is 1. The summed E-state index contributed by atoms with van der Waals surface area (Å²) in [4.78, 5) is 0. The molecule has 1 aromatic rings. The summed E-state index contributed by atoms with van der Waals surface area (Å²) in [6.07, 6.45) is -4.16. The van der Waals surface area contributed by atoms with Crippen LogP contribution in [0.4, 0.5) is 13.2 Å². The summed E-state index contributed by atoms with van der Waals surface area (Å²) in [6.45, 7) is 0.248. The fourth-order valence-electron chi connectivity index (χ4n) is 1.45. The maximum absolute atomic E-state index is 12.1. The molecule has 1 unspecified atom stereocenters. The van der Waals surface area contributed by atoms with E-state index in [0.29, 0.717) is 5.02 Å². The Morgan fingerprint density at radius 1 is 1.28 bits per heavy atom. The molecule has 0 aliphatic carbocycles. The van der Waals surface area contributed by atoms with E-state index in [1.54, 1.807) is 24.3 Å². The number of nitrogens with zero attached hydrogens (tertiary/aromatic N) is 1. The molecule has 0 bridgehead atoms. The summed E-state index contributed by atoms with van der Waals surface area (Å²) < 4.78 is 36.4. The van der Waals surface area contributed by atoms with Crippen LogP contribution in [-0.2, 0) is 6.42 Å². The van der Waals surface area contributed by atoms with Gasteiger partial charge < -0.3 is 0 Å². The Bertz CT molecular complexity index is 436. The van der Waals surface area contributed by atoms with Crippen molar-refractivity contribution in [2.24, 2.45) is 0 Å². The lowest BCUT2D eigenvalue weighted by atomic mass is 9.94. The third-order valence-electron chi connectivity index (χ3n) is 2.40. The van der Waals surface area contributed by atoms with Crippen molar-refractivity contribution in [3.63, 3.8) is 0 Å². The highest BCUT2D eigenvalue weighted by atomic mass is 35.5. The Kier molecular flexibility index (Phi) is 4.60. The van der Waals surface area contributed by atoms with Crippen LogP contribution in [0.25, 0.3) is 0 Å². The number of alkyl halides is 3. The number of benzene rings is 1. The second kappa shape index (κ2) is 5.59.